The van der Waals surface area contributed by atoms with Crippen molar-refractivity contribution in [2.45, 2.75) is 12.5 Å². The molecule has 2 aromatic rings. The van der Waals surface area contributed by atoms with Crippen molar-refractivity contribution >= 4 is 27.6 Å². The van der Waals surface area contributed by atoms with E-state index in [9.17, 15) is 4.79 Å². The van der Waals surface area contributed by atoms with Gasteiger partial charge in [-0.3, -0.25) is 9.97 Å². The summed E-state index contributed by atoms with van der Waals surface area (Å²) in [5.41, 5.74) is 0.161. The van der Waals surface area contributed by atoms with Crippen LogP contribution in [0.5, 0.6) is 0 Å². The average Bonchev–Trinajstić information content (AvgIpc) is 2.47. The molecule has 104 valence electrons. The standard InChI is InChI=1S/C14H14BrN3O2/c1-14(13(19)20-2,12-9-16-6-7-17-12)18-11-5-3-4-10(15)8-11/h3-9,18H,1-2H3. The Labute approximate surface area is 125 Å². The Morgan fingerprint density at radius 3 is 2.80 bits per heavy atom. The minimum Gasteiger partial charge on any atom is -0.467 e. The molecule has 0 aliphatic carbocycles. The maximum atomic E-state index is 12.2. The fraction of sp³-hybridized carbons (Fsp3) is 0.214. The molecular formula is C14H14BrN3O2. The van der Waals surface area contributed by atoms with Crippen LogP contribution in [0.25, 0.3) is 0 Å². The molecule has 0 saturated carbocycles. The molecule has 0 bridgehead atoms. The first-order valence-electron chi connectivity index (χ1n) is 5.95. The molecule has 0 aliphatic rings. The molecule has 0 fully saturated rings. The van der Waals surface area contributed by atoms with Crippen molar-refractivity contribution in [2.24, 2.45) is 0 Å². The van der Waals surface area contributed by atoms with Crippen LogP contribution in [0.15, 0.2) is 47.3 Å². The zero-order valence-corrected chi connectivity index (χ0v) is 12.7. The topological polar surface area (TPSA) is 64.1 Å². The van der Waals surface area contributed by atoms with Crippen LogP contribution in [0.4, 0.5) is 5.69 Å². The van der Waals surface area contributed by atoms with Gasteiger partial charge in [0.15, 0.2) is 5.54 Å². The number of ether oxygens (including phenoxy) is 1. The molecule has 1 aromatic carbocycles. The third kappa shape index (κ3) is 2.96. The first-order chi connectivity index (χ1) is 9.56. The molecule has 6 heteroatoms. The summed E-state index contributed by atoms with van der Waals surface area (Å²) in [6, 6.07) is 7.52. The molecule has 0 amide bonds. The number of hydrogen-bond acceptors (Lipinski definition) is 5. The van der Waals surface area contributed by atoms with Gasteiger partial charge in [0.25, 0.3) is 0 Å². The molecule has 1 atom stereocenters. The van der Waals surface area contributed by atoms with Crippen LogP contribution in [0, 0.1) is 0 Å². The van der Waals surface area contributed by atoms with E-state index in [1.165, 1.54) is 7.11 Å². The van der Waals surface area contributed by atoms with E-state index in [1.54, 1.807) is 25.5 Å². The van der Waals surface area contributed by atoms with Crippen LogP contribution < -0.4 is 5.32 Å². The van der Waals surface area contributed by atoms with Crippen LogP contribution in [0.2, 0.25) is 0 Å². The maximum absolute atomic E-state index is 12.2. The summed E-state index contributed by atoms with van der Waals surface area (Å²) in [7, 11) is 1.35. The SMILES string of the molecule is COC(=O)C(C)(Nc1cccc(Br)c1)c1cnccn1. The van der Waals surface area contributed by atoms with Gasteiger partial charge in [-0.25, -0.2) is 4.79 Å². The van der Waals surface area contributed by atoms with Crippen molar-refractivity contribution in [3.63, 3.8) is 0 Å². The van der Waals surface area contributed by atoms with Crippen LogP contribution in [-0.2, 0) is 15.1 Å². The van der Waals surface area contributed by atoms with Crippen LogP contribution in [0.1, 0.15) is 12.6 Å². The van der Waals surface area contributed by atoms with Crippen LogP contribution in [-0.4, -0.2) is 23.0 Å². The van der Waals surface area contributed by atoms with Gasteiger partial charge >= 0.3 is 5.97 Å². The monoisotopic (exact) mass is 335 g/mol. The first-order valence-corrected chi connectivity index (χ1v) is 6.74. The largest absolute Gasteiger partial charge is 0.467 e. The van der Waals surface area contributed by atoms with E-state index in [2.05, 4.69) is 31.2 Å². The Morgan fingerprint density at radius 2 is 2.20 bits per heavy atom. The van der Waals surface area contributed by atoms with Gasteiger partial charge in [-0.15, -0.1) is 0 Å². The first kappa shape index (κ1) is 14.5. The number of methoxy groups -OCH3 is 1. The highest BCUT2D eigenvalue weighted by atomic mass is 79.9. The zero-order chi connectivity index (χ0) is 14.6. The summed E-state index contributed by atoms with van der Waals surface area (Å²) in [5, 5.41) is 3.16. The van der Waals surface area contributed by atoms with Gasteiger partial charge in [0.2, 0.25) is 0 Å². The van der Waals surface area contributed by atoms with Crippen molar-refractivity contribution in [2.75, 3.05) is 12.4 Å². The second-order valence-corrected chi connectivity index (χ2v) is 5.26. The normalized spacial score (nSPS) is 13.3. The van der Waals surface area contributed by atoms with E-state index in [-0.39, 0.29) is 0 Å². The number of benzene rings is 1. The average molecular weight is 336 g/mol. The fourth-order valence-electron chi connectivity index (χ4n) is 1.84. The number of anilines is 1. The molecule has 1 N–H and O–H groups in total. The smallest absolute Gasteiger partial charge is 0.337 e. The van der Waals surface area contributed by atoms with Gasteiger partial charge in [0.05, 0.1) is 19.0 Å². The minimum absolute atomic E-state index is 0.432. The Kier molecular flexibility index (Phi) is 4.34. The number of nitrogens with one attached hydrogen (secondary N) is 1. The van der Waals surface area contributed by atoms with E-state index >= 15 is 0 Å². The van der Waals surface area contributed by atoms with Gasteiger partial charge in [-0.05, 0) is 25.1 Å². The molecule has 0 radical (unpaired) electrons. The number of hydrogen-bond donors (Lipinski definition) is 1. The Hall–Kier alpha value is -1.95. The summed E-state index contributed by atoms with van der Waals surface area (Å²) < 4.78 is 5.80. The third-order valence-electron chi connectivity index (χ3n) is 2.89. The number of carbonyl (C=O) groups excluding carboxylic acids is 1. The lowest BCUT2D eigenvalue weighted by Crippen LogP contribution is -2.42. The van der Waals surface area contributed by atoms with Gasteiger partial charge < -0.3 is 10.1 Å². The second-order valence-electron chi connectivity index (χ2n) is 4.34. The Bertz CT molecular complexity index is 606. The molecule has 1 aromatic heterocycles. The third-order valence-corrected chi connectivity index (χ3v) is 3.38. The van der Waals surface area contributed by atoms with E-state index in [1.807, 2.05) is 24.3 Å². The van der Waals surface area contributed by atoms with E-state index in [4.69, 9.17) is 4.74 Å². The number of esters is 1. The van der Waals surface area contributed by atoms with Crippen molar-refractivity contribution in [1.82, 2.24) is 9.97 Å². The molecule has 2 rings (SSSR count). The predicted octanol–water partition coefficient (Wildman–Crippen LogP) is 2.74. The Balaban J connectivity index is 2.41. The fourth-order valence-corrected chi connectivity index (χ4v) is 2.24. The summed E-state index contributed by atoms with van der Waals surface area (Å²) in [4.78, 5) is 20.4. The van der Waals surface area contributed by atoms with Crippen LogP contribution in [0.3, 0.4) is 0 Å². The van der Waals surface area contributed by atoms with Crippen molar-refractivity contribution in [3.8, 4) is 0 Å². The summed E-state index contributed by atoms with van der Waals surface area (Å²) in [6.07, 6.45) is 4.64. The number of aromatic nitrogens is 2. The van der Waals surface area contributed by atoms with Gasteiger partial charge in [-0.2, -0.15) is 0 Å². The second kappa shape index (κ2) is 6.00. The summed E-state index contributed by atoms with van der Waals surface area (Å²) in [5.74, 6) is -0.432. The highest BCUT2D eigenvalue weighted by Gasteiger charge is 2.38. The highest BCUT2D eigenvalue weighted by molar-refractivity contribution is 9.10. The van der Waals surface area contributed by atoms with Crippen LogP contribution >= 0.6 is 15.9 Å². The molecular weight excluding hydrogens is 322 g/mol. The molecule has 1 heterocycles. The van der Waals surface area contributed by atoms with E-state index < -0.39 is 11.5 Å². The number of rotatable bonds is 4. The lowest BCUT2D eigenvalue weighted by Gasteiger charge is -2.28. The lowest BCUT2D eigenvalue weighted by molar-refractivity contribution is -0.145. The van der Waals surface area contributed by atoms with Crippen molar-refractivity contribution < 1.29 is 9.53 Å². The molecule has 1 unspecified atom stereocenters. The number of carbonyl (C=O) groups is 1. The number of halogens is 1. The van der Waals surface area contributed by atoms with E-state index in [0.29, 0.717) is 5.69 Å². The molecule has 0 spiro atoms. The molecule has 0 aliphatic heterocycles. The summed E-state index contributed by atoms with van der Waals surface area (Å²) >= 11 is 3.40. The van der Waals surface area contributed by atoms with Gasteiger partial charge in [0.1, 0.15) is 0 Å². The zero-order valence-electron chi connectivity index (χ0n) is 11.1. The minimum atomic E-state index is -1.11. The highest BCUT2D eigenvalue weighted by Crippen LogP contribution is 2.27. The van der Waals surface area contributed by atoms with Crippen molar-refractivity contribution in [3.05, 3.63) is 53.0 Å². The molecule has 0 saturated heterocycles. The predicted molar refractivity (Wildman–Crippen MR) is 79.2 cm³/mol. The quantitative estimate of drug-likeness (QED) is 0.870. The maximum Gasteiger partial charge on any atom is 0.337 e. The summed E-state index contributed by atoms with van der Waals surface area (Å²) in [6.45, 7) is 1.71. The van der Waals surface area contributed by atoms with Gasteiger partial charge in [0, 0.05) is 22.6 Å². The van der Waals surface area contributed by atoms with Gasteiger partial charge in [-0.1, -0.05) is 22.0 Å². The van der Waals surface area contributed by atoms with Crippen molar-refractivity contribution in [1.29, 1.82) is 0 Å². The number of nitrogens with zero attached hydrogens (tertiary/aromatic N) is 2. The molecule has 5 nitrogen and oxygen atoms in total. The molecule has 20 heavy (non-hydrogen) atoms. The lowest BCUT2D eigenvalue weighted by atomic mass is 9.97. The Morgan fingerprint density at radius 1 is 1.40 bits per heavy atom. The van der Waals surface area contributed by atoms with E-state index in [0.717, 1.165) is 10.2 Å².